The molecule has 2 amide bonds. The molecule has 8 nitrogen and oxygen atoms in total. The molecule has 3 rings (SSSR count). The van der Waals surface area contributed by atoms with Gasteiger partial charge in [0, 0.05) is 18.8 Å². The van der Waals surface area contributed by atoms with Crippen LogP contribution in [0.15, 0.2) is 36.5 Å². The lowest BCUT2D eigenvalue weighted by atomic mass is 9.99. The van der Waals surface area contributed by atoms with Crippen molar-refractivity contribution in [2.45, 2.75) is 6.54 Å². The number of amides is 2. The molecule has 0 bridgehead atoms. The summed E-state index contributed by atoms with van der Waals surface area (Å²) in [6, 6.07) is 8.46. The lowest BCUT2D eigenvalue weighted by molar-refractivity contribution is 0.218. The number of nitrogens with two attached hydrogens (primary N) is 1. The summed E-state index contributed by atoms with van der Waals surface area (Å²) < 4.78 is 24.6. The molecule has 0 atom stereocenters. The van der Waals surface area contributed by atoms with E-state index in [1.165, 1.54) is 0 Å². The summed E-state index contributed by atoms with van der Waals surface area (Å²) >= 11 is 0. The van der Waals surface area contributed by atoms with Crippen molar-refractivity contribution in [1.29, 1.82) is 0 Å². The van der Waals surface area contributed by atoms with E-state index in [0.717, 1.165) is 16.7 Å². The van der Waals surface area contributed by atoms with Gasteiger partial charge in [-0.1, -0.05) is 12.1 Å². The zero-order valence-electron chi connectivity index (χ0n) is 12.7. The molecule has 0 saturated carbocycles. The first kappa shape index (κ1) is 18.0. The number of benzene rings is 1. The normalized spacial score (nSPS) is 13.6. The summed E-state index contributed by atoms with van der Waals surface area (Å²) in [5.74, 6) is 0.510. The van der Waals surface area contributed by atoms with Crippen molar-refractivity contribution in [2.24, 2.45) is 5.14 Å². The van der Waals surface area contributed by atoms with Crippen LogP contribution in [0.1, 0.15) is 5.56 Å². The van der Waals surface area contributed by atoms with E-state index in [-0.39, 0.29) is 18.4 Å². The summed E-state index contributed by atoms with van der Waals surface area (Å²) in [4.78, 5) is 17.4. The van der Waals surface area contributed by atoms with Gasteiger partial charge in [-0.3, -0.25) is 10.0 Å². The third kappa shape index (κ3) is 3.75. The van der Waals surface area contributed by atoms with Crippen molar-refractivity contribution >= 4 is 40.2 Å². The smallest absolute Gasteiger partial charge is 0.323 e. The van der Waals surface area contributed by atoms with E-state index in [2.05, 4.69) is 15.0 Å². The van der Waals surface area contributed by atoms with E-state index in [1.54, 1.807) is 36.3 Å². The Kier molecular flexibility index (Phi) is 4.97. The minimum Gasteiger partial charge on any atom is -0.323 e. The molecular formula is C14H16ClN5O3S. The number of halogens is 1. The number of hydrogen-bond acceptors (Lipinski definition) is 4. The molecule has 1 aliphatic rings. The predicted octanol–water partition coefficient (Wildman–Crippen LogP) is 1.76. The minimum atomic E-state index is -3.84. The summed E-state index contributed by atoms with van der Waals surface area (Å²) in [5.41, 5.74) is 2.88. The number of fused-ring (bicyclic) bond motifs is 1. The maximum absolute atomic E-state index is 11.7. The highest BCUT2D eigenvalue weighted by Gasteiger charge is 2.23. The maximum Gasteiger partial charge on any atom is 0.323 e. The third-order valence-electron chi connectivity index (χ3n) is 3.46. The predicted molar refractivity (Wildman–Crippen MR) is 94.1 cm³/mol. The van der Waals surface area contributed by atoms with Crippen LogP contribution < -0.4 is 15.2 Å². The van der Waals surface area contributed by atoms with Gasteiger partial charge in [0.2, 0.25) is 0 Å². The Morgan fingerprint density at radius 1 is 1.33 bits per heavy atom. The SMILES string of the molecule is CN1Cc2c(-c3cccc(NS(N)(=O)=O)c3)ccnc2NC1=O.Cl. The fraction of sp³-hybridized carbons (Fsp3) is 0.143. The third-order valence-corrected chi connectivity index (χ3v) is 3.98. The van der Waals surface area contributed by atoms with Gasteiger partial charge in [0.25, 0.3) is 10.2 Å². The van der Waals surface area contributed by atoms with Crippen molar-refractivity contribution in [3.63, 3.8) is 0 Å². The van der Waals surface area contributed by atoms with Gasteiger partial charge in [-0.25, -0.2) is 14.9 Å². The standard InChI is InChI=1S/C14H15N5O3S.ClH/c1-19-8-12-11(5-6-16-13(12)17-14(19)20)9-3-2-4-10(7-9)18-23(15,21)22;/h2-7,18H,8H2,1H3,(H2,15,21,22)(H,16,17,20);1H. The van der Waals surface area contributed by atoms with Crippen molar-refractivity contribution in [3.8, 4) is 11.1 Å². The second-order valence-electron chi connectivity index (χ2n) is 5.20. The van der Waals surface area contributed by atoms with Crippen LogP contribution in [0.25, 0.3) is 11.1 Å². The molecule has 10 heteroatoms. The van der Waals surface area contributed by atoms with E-state index in [9.17, 15) is 13.2 Å². The van der Waals surface area contributed by atoms with Crippen molar-refractivity contribution in [1.82, 2.24) is 9.88 Å². The fourth-order valence-corrected chi connectivity index (χ4v) is 2.91. The quantitative estimate of drug-likeness (QED) is 0.764. The number of anilines is 2. The Morgan fingerprint density at radius 2 is 2.08 bits per heavy atom. The van der Waals surface area contributed by atoms with Gasteiger partial charge in [0.15, 0.2) is 0 Å². The highest BCUT2D eigenvalue weighted by atomic mass is 35.5. The number of rotatable bonds is 3. The van der Waals surface area contributed by atoms with E-state index < -0.39 is 10.2 Å². The van der Waals surface area contributed by atoms with Crippen LogP contribution in [-0.4, -0.2) is 31.4 Å². The van der Waals surface area contributed by atoms with E-state index in [0.29, 0.717) is 18.1 Å². The first-order valence-corrected chi connectivity index (χ1v) is 8.29. The summed E-state index contributed by atoms with van der Waals surface area (Å²) in [5, 5.41) is 7.71. The molecule has 0 aliphatic carbocycles. The van der Waals surface area contributed by atoms with Gasteiger partial charge in [-0.2, -0.15) is 8.42 Å². The molecule has 2 heterocycles. The summed E-state index contributed by atoms with van der Waals surface area (Å²) in [6.07, 6.45) is 1.60. The van der Waals surface area contributed by atoms with Crippen molar-refractivity contribution < 1.29 is 13.2 Å². The van der Waals surface area contributed by atoms with Gasteiger partial charge in [-0.15, -0.1) is 12.4 Å². The van der Waals surface area contributed by atoms with Crippen molar-refractivity contribution in [2.75, 3.05) is 17.1 Å². The number of urea groups is 1. The largest absolute Gasteiger partial charge is 0.323 e. The number of nitrogens with one attached hydrogen (secondary N) is 2. The first-order valence-electron chi connectivity index (χ1n) is 6.74. The Bertz CT molecular complexity index is 888. The average molecular weight is 370 g/mol. The van der Waals surface area contributed by atoms with E-state index in [1.807, 2.05) is 12.1 Å². The highest BCUT2D eigenvalue weighted by Crippen LogP contribution is 2.32. The van der Waals surface area contributed by atoms with Crippen LogP contribution in [0.5, 0.6) is 0 Å². The lowest BCUT2D eigenvalue weighted by Gasteiger charge is -2.27. The molecule has 0 unspecified atom stereocenters. The molecule has 0 fully saturated rings. The Labute approximate surface area is 145 Å². The second kappa shape index (κ2) is 6.63. The fourth-order valence-electron chi connectivity index (χ4n) is 2.45. The topological polar surface area (TPSA) is 117 Å². The molecule has 0 radical (unpaired) electrons. The molecule has 1 aromatic heterocycles. The van der Waals surface area contributed by atoms with Gasteiger partial charge >= 0.3 is 6.03 Å². The molecule has 2 aromatic rings. The van der Waals surface area contributed by atoms with Crippen LogP contribution in [-0.2, 0) is 16.8 Å². The number of nitrogens with zero attached hydrogens (tertiary/aromatic N) is 2. The van der Waals surface area contributed by atoms with E-state index in [4.69, 9.17) is 5.14 Å². The van der Waals surface area contributed by atoms with E-state index >= 15 is 0 Å². The zero-order valence-corrected chi connectivity index (χ0v) is 14.3. The maximum atomic E-state index is 11.7. The highest BCUT2D eigenvalue weighted by molar-refractivity contribution is 7.90. The molecule has 0 spiro atoms. The molecule has 4 N–H and O–H groups in total. The van der Waals surface area contributed by atoms with Crippen molar-refractivity contribution in [3.05, 3.63) is 42.1 Å². The molecule has 128 valence electrons. The van der Waals surface area contributed by atoms with Gasteiger partial charge in [-0.05, 0) is 29.3 Å². The molecular weight excluding hydrogens is 354 g/mol. The number of carbonyl (C=O) groups is 1. The number of hydrogen-bond donors (Lipinski definition) is 3. The Morgan fingerprint density at radius 3 is 2.79 bits per heavy atom. The van der Waals surface area contributed by atoms with Crippen LogP contribution in [0.4, 0.5) is 16.3 Å². The Hall–Kier alpha value is -2.36. The van der Waals surface area contributed by atoms with Crippen LogP contribution in [0.2, 0.25) is 0 Å². The molecule has 24 heavy (non-hydrogen) atoms. The van der Waals surface area contributed by atoms with Gasteiger partial charge < -0.3 is 4.90 Å². The van der Waals surface area contributed by atoms with Gasteiger partial charge in [0.05, 0.1) is 12.2 Å². The number of pyridine rings is 1. The summed E-state index contributed by atoms with van der Waals surface area (Å²) in [7, 11) is -2.15. The van der Waals surface area contributed by atoms with Gasteiger partial charge in [0.1, 0.15) is 5.82 Å². The first-order chi connectivity index (χ1) is 10.8. The molecule has 1 aromatic carbocycles. The van der Waals surface area contributed by atoms with Crippen LogP contribution in [0, 0.1) is 0 Å². The second-order valence-corrected chi connectivity index (χ2v) is 6.49. The Balaban J connectivity index is 0.00000208. The molecule has 1 aliphatic heterocycles. The molecule has 0 saturated heterocycles. The minimum absolute atomic E-state index is 0. The summed E-state index contributed by atoms with van der Waals surface area (Å²) in [6.45, 7) is 0.414. The lowest BCUT2D eigenvalue weighted by Crippen LogP contribution is -2.36. The zero-order chi connectivity index (χ0) is 16.6. The monoisotopic (exact) mass is 369 g/mol. The number of aromatic nitrogens is 1. The van der Waals surface area contributed by atoms with Crippen LogP contribution in [0.3, 0.4) is 0 Å². The average Bonchev–Trinajstić information content (AvgIpc) is 2.46. The number of carbonyl (C=O) groups excluding carboxylic acids is 1. The van der Waals surface area contributed by atoms with Crippen LogP contribution >= 0.6 is 12.4 Å².